The lowest BCUT2D eigenvalue weighted by Crippen LogP contribution is -2.16. The Balaban J connectivity index is 2.16. The summed E-state index contributed by atoms with van der Waals surface area (Å²) in [7, 11) is 2.67. The van der Waals surface area contributed by atoms with Gasteiger partial charge in [-0.2, -0.15) is 22.7 Å². The average Bonchev–Trinajstić information content (AvgIpc) is 2.98. The van der Waals surface area contributed by atoms with Gasteiger partial charge in [0.2, 0.25) is 5.95 Å². The van der Waals surface area contributed by atoms with Crippen molar-refractivity contribution in [2.24, 2.45) is 12.2 Å². The van der Waals surface area contributed by atoms with Crippen LogP contribution in [0.1, 0.15) is 27.2 Å². The summed E-state index contributed by atoms with van der Waals surface area (Å²) >= 11 is 6.15. The molecule has 6 nitrogen and oxygen atoms in total. The first-order valence-corrected chi connectivity index (χ1v) is 9.49. The summed E-state index contributed by atoms with van der Waals surface area (Å²) in [5, 5.41) is 9.55. The van der Waals surface area contributed by atoms with Crippen LogP contribution in [0, 0.1) is 12.9 Å². The molecule has 11 heteroatoms. The summed E-state index contributed by atoms with van der Waals surface area (Å²) < 4.78 is 55.5. The van der Waals surface area contributed by atoms with Crippen molar-refractivity contribution in [1.29, 1.82) is 0 Å². The van der Waals surface area contributed by atoms with Crippen LogP contribution in [0.2, 0.25) is 5.02 Å². The zero-order chi connectivity index (χ0) is 23.6. The minimum Gasteiger partial charge on any atom is -0.399 e. The number of nitrogens with one attached hydrogen (secondary N) is 1. The predicted molar refractivity (Wildman–Crippen MR) is 112 cm³/mol. The Hall–Kier alpha value is -3.40. The second-order valence-corrected chi connectivity index (χ2v) is 7.16. The first-order chi connectivity index (χ1) is 15.0. The Kier molecular flexibility index (Phi) is 6.54. The molecule has 0 aliphatic carbocycles. The maximum absolute atomic E-state index is 14.3. The molecule has 0 fully saturated rings. The van der Waals surface area contributed by atoms with Gasteiger partial charge in [0.25, 0.3) is 5.91 Å². The number of alkyl halides is 3. The fourth-order valence-corrected chi connectivity index (χ4v) is 3.36. The first-order valence-electron chi connectivity index (χ1n) is 9.11. The van der Waals surface area contributed by atoms with Crippen LogP contribution in [-0.2, 0) is 18.1 Å². The SMILES string of the molecule is CON=Cc1cccc(-c2cc(C(F)(F)F)cc(Cl)c2NC(=O)c2c(C)nn(C)c2F)c1. The standard InChI is InChI=1S/C21H17ClF4N4O2/c1-11-17(19(23)30(2)29-11)20(31)28-18-15(8-14(9-16(18)22)21(24,25)26)13-6-4-5-12(7-13)10-27-32-3/h4-10H,1-3H3,(H,28,31). The summed E-state index contributed by atoms with van der Waals surface area (Å²) in [6.07, 6.45) is -3.31. The van der Waals surface area contributed by atoms with Crippen LogP contribution >= 0.6 is 11.6 Å². The topological polar surface area (TPSA) is 68.5 Å². The molecule has 0 unspecified atom stereocenters. The molecule has 0 aliphatic heterocycles. The van der Waals surface area contributed by atoms with Crippen LogP contribution in [0.15, 0.2) is 41.6 Å². The number of oxime groups is 1. The zero-order valence-corrected chi connectivity index (χ0v) is 17.8. The van der Waals surface area contributed by atoms with Gasteiger partial charge in [-0.1, -0.05) is 35.0 Å². The quantitative estimate of drug-likeness (QED) is 0.308. The van der Waals surface area contributed by atoms with E-state index >= 15 is 0 Å². The normalized spacial score (nSPS) is 11.8. The molecule has 1 heterocycles. The Morgan fingerprint density at radius 3 is 2.59 bits per heavy atom. The number of hydrogen-bond donors (Lipinski definition) is 1. The van der Waals surface area contributed by atoms with Gasteiger partial charge in [0.05, 0.1) is 28.2 Å². The number of aryl methyl sites for hydroxylation is 2. The van der Waals surface area contributed by atoms with Crippen molar-refractivity contribution in [3.05, 3.63) is 69.8 Å². The second kappa shape index (κ2) is 8.99. The fraction of sp³-hybridized carbons (Fsp3) is 0.190. The number of hydrogen-bond acceptors (Lipinski definition) is 4. The number of benzene rings is 2. The lowest BCUT2D eigenvalue weighted by atomic mass is 9.98. The molecule has 0 saturated carbocycles. The molecule has 0 saturated heterocycles. The molecule has 2 aromatic carbocycles. The highest BCUT2D eigenvalue weighted by Crippen LogP contribution is 2.41. The Morgan fingerprint density at radius 2 is 2.00 bits per heavy atom. The molecule has 0 atom stereocenters. The van der Waals surface area contributed by atoms with Crippen molar-refractivity contribution in [1.82, 2.24) is 9.78 Å². The number of amides is 1. The van der Waals surface area contributed by atoms with Crippen LogP contribution < -0.4 is 5.32 Å². The van der Waals surface area contributed by atoms with E-state index in [4.69, 9.17) is 11.6 Å². The van der Waals surface area contributed by atoms with Crippen molar-refractivity contribution in [2.75, 3.05) is 12.4 Å². The minimum absolute atomic E-state index is 0.00667. The molecule has 0 spiro atoms. The third-order valence-electron chi connectivity index (χ3n) is 4.54. The maximum atomic E-state index is 14.3. The van der Waals surface area contributed by atoms with Gasteiger partial charge in [0.1, 0.15) is 12.7 Å². The van der Waals surface area contributed by atoms with Gasteiger partial charge in [0.15, 0.2) is 0 Å². The third-order valence-corrected chi connectivity index (χ3v) is 4.84. The largest absolute Gasteiger partial charge is 0.416 e. The van der Waals surface area contributed by atoms with Crippen molar-refractivity contribution >= 4 is 29.4 Å². The predicted octanol–water partition coefficient (Wildman–Crippen LogP) is 5.44. The van der Waals surface area contributed by atoms with Gasteiger partial charge in [0, 0.05) is 12.6 Å². The lowest BCUT2D eigenvalue weighted by molar-refractivity contribution is -0.137. The summed E-state index contributed by atoms with van der Waals surface area (Å²) in [6.45, 7) is 1.44. The summed E-state index contributed by atoms with van der Waals surface area (Å²) in [5.74, 6) is -1.78. The van der Waals surface area contributed by atoms with E-state index in [1.54, 1.807) is 24.3 Å². The summed E-state index contributed by atoms with van der Waals surface area (Å²) in [5.41, 5.74) is -0.488. The van der Waals surface area contributed by atoms with Crippen molar-refractivity contribution in [3.63, 3.8) is 0 Å². The van der Waals surface area contributed by atoms with E-state index in [-0.39, 0.29) is 27.5 Å². The molecular formula is C21H17ClF4N4O2. The van der Waals surface area contributed by atoms with Crippen molar-refractivity contribution in [3.8, 4) is 11.1 Å². The Morgan fingerprint density at radius 1 is 1.28 bits per heavy atom. The molecule has 168 valence electrons. The van der Waals surface area contributed by atoms with Gasteiger partial charge in [-0.05, 0) is 36.2 Å². The van der Waals surface area contributed by atoms with Crippen LogP contribution in [0.3, 0.4) is 0 Å². The van der Waals surface area contributed by atoms with Gasteiger partial charge in [-0.25, -0.2) is 4.68 Å². The molecule has 32 heavy (non-hydrogen) atoms. The second-order valence-electron chi connectivity index (χ2n) is 6.75. The maximum Gasteiger partial charge on any atom is 0.416 e. The van der Waals surface area contributed by atoms with Crippen LogP contribution in [0.5, 0.6) is 0 Å². The molecule has 3 aromatic rings. The van der Waals surface area contributed by atoms with Gasteiger partial charge < -0.3 is 10.2 Å². The number of rotatable bonds is 5. The van der Waals surface area contributed by atoms with Crippen LogP contribution in [0.4, 0.5) is 23.2 Å². The Bertz CT molecular complexity index is 1210. The van der Waals surface area contributed by atoms with Crippen molar-refractivity contribution < 1.29 is 27.2 Å². The van der Waals surface area contributed by atoms with E-state index in [0.29, 0.717) is 17.2 Å². The van der Waals surface area contributed by atoms with Crippen LogP contribution in [0.25, 0.3) is 11.1 Å². The van der Waals surface area contributed by atoms with E-state index in [9.17, 15) is 22.4 Å². The zero-order valence-electron chi connectivity index (χ0n) is 17.1. The van der Waals surface area contributed by atoms with E-state index in [1.165, 1.54) is 27.3 Å². The molecule has 1 N–H and O–H groups in total. The highest BCUT2D eigenvalue weighted by atomic mass is 35.5. The highest BCUT2D eigenvalue weighted by molar-refractivity contribution is 6.35. The molecule has 1 aromatic heterocycles. The van der Waals surface area contributed by atoms with E-state index < -0.39 is 23.6 Å². The van der Waals surface area contributed by atoms with Gasteiger partial charge in [-0.3, -0.25) is 4.79 Å². The van der Waals surface area contributed by atoms with Gasteiger partial charge in [-0.15, -0.1) is 0 Å². The average molecular weight is 469 g/mol. The fourth-order valence-electron chi connectivity index (χ4n) is 3.09. The number of carbonyl (C=O) groups excluding carboxylic acids is 1. The van der Waals surface area contributed by atoms with Gasteiger partial charge >= 0.3 is 6.18 Å². The lowest BCUT2D eigenvalue weighted by Gasteiger charge is -2.17. The van der Waals surface area contributed by atoms with E-state index in [2.05, 4.69) is 20.4 Å². The molecule has 0 aliphatic rings. The minimum atomic E-state index is -4.68. The smallest absolute Gasteiger partial charge is 0.399 e. The summed E-state index contributed by atoms with van der Waals surface area (Å²) in [6, 6.07) is 7.90. The number of nitrogens with zero attached hydrogens (tertiary/aromatic N) is 3. The van der Waals surface area contributed by atoms with Crippen LogP contribution in [-0.4, -0.2) is 29.0 Å². The van der Waals surface area contributed by atoms with E-state index in [1.807, 2.05) is 0 Å². The molecular weight excluding hydrogens is 452 g/mol. The highest BCUT2D eigenvalue weighted by Gasteiger charge is 2.33. The molecule has 0 bridgehead atoms. The first kappa shape index (κ1) is 23.3. The third kappa shape index (κ3) is 4.75. The molecule has 0 radical (unpaired) electrons. The number of anilines is 1. The summed E-state index contributed by atoms with van der Waals surface area (Å²) in [4.78, 5) is 17.4. The number of aromatic nitrogens is 2. The molecule has 3 rings (SSSR count). The Labute approximate surface area is 185 Å². The number of halogens is 5. The number of carbonyl (C=O) groups is 1. The monoisotopic (exact) mass is 468 g/mol. The van der Waals surface area contributed by atoms with Crippen molar-refractivity contribution in [2.45, 2.75) is 13.1 Å². The molecule has 1 amide bonds. The van der Waals surface area contributed by atoms with E-state index in [0.717, 1.165) is 10.7 Å².